The lowest BCUT2D eigenvalue weighted by atomic mass is 10.3. The summed E-state index contributed by atoms with van der Waals surface area (Å²) in [6, 6.07) is 4.13. The summed E-state index contributed by atoms with van der Waals surface area (Å²) in [6.45, 7) is -5.80. The van der Waals surface area contributed by atoms with Crippen LogP contribution < -0.4 is 4.90 Å². The van der Waals surface area contributed by atoms with Gasteiger partial charge in [-0.05, 0) is 30.9 Å². The maximum atomic E-state index is 7.92. The Morgan fingerprint density at radius 2 is 2.00 bits per heavy atom. The molecule has 0 aliphatic carbocycles. The van der Waals surface area contributed by atoms with Gasteiger partial charge in [0.05, 0.1) is 0 Å². The fourth-order valence-corrected chi connectivity index (χ4v) is 1.84. The summed E-state index contributed by atoms with van der Waals surface area (Å²) in [6.07, 6.45) is -6.11. The van der Waals surface area contributed by atoms with Crippen LogP contribution in [0.4, 0.5) is 5.69 Å². The van der Waals surface area contributed by atoms with Gasteiger partial charge in [-0.2, -0.15) is 0 Å². The summed E-state index contributed by atoms with van der Waals surface area (Å²) in [5.74, 6) is 0. The Morgan fingerprint density at radius 1 is 1.31 bits per heavy atom. The van der Waals surface area contributed by atoms with Gasteiger partial charge in [-0.15, -0.1) is 0 Å². The van der Waals surface area contributed by atoms with E-state index in [-0.39, 0.29) is 10.7 Å². The van der Waals surface area contributed by atoms with E-state index in [4.69, 9.17) is 22.6 Å². The largest absolute Gasteiger partial charge is 0.371 e. The van der Waals surface area contributed by atoms with Crippen molar-refractivity contribution in [2.24, 2.45) is 0 Å². The molecule has 0 aromatic heterocycles. The van der Waals surface area contributed by atoms with Crippen molar-refractivity contribution in [3.8, 4) is 0 Å². The summed E-state index contributed by atoms with van der Waals surface area (Å²) in [7, 11) is 0. The van der Waals surface area contributed by atoms with Gasteiger partial charge in [0.15, 0.2) is 0 Å². The van der Waals surface area contributed by atoms with Gasteiger partial charge in [-0.1, -0.05) is 27.5 Å². The van der Waals surface area contributed by atoms with Crippen LogP contribution in [0.2, 0.25) is 5.02 Å². The van der Waals surface area contributed by atoms with E-state index in [1.165, 1.54) is 18.2 Å². The molecule has 1 aliphatic rings. The number of rotatable bonds is 1. The van der Waals surface area contributed by atoms with Crippen LogP contribution in [-0.2, 0) is 0 Å². The van der Waals surface area contributed by atoms with Gasteiger partial charge in [0.1, 0.15) is 0 Å². The molecule has 3 heteroatoms. The first-order valence-corrected chi connectivity index (χ1v) is 4.70. The second kappa shape index (κ2) is 3.89. The van der Waals surface area contributed by atoms with E-state index in [0.29, 0.717) is 9.37 Å². The Bertz CT molecular complexity index is 544. The van der Waals surface area contributed by atoms with Crippen LogP contribution in [0.1, 0.15) is 23.7 Å². The highest BCUT2D eigenvalue weighted by atomic mass is 79.9. The molecule has 1 heterocycles. The highest BCUT2D eigenvalue weighted by Gasteiger charge is 2.12. The molecule has 0 unspecified atom stereocenters. The Balaban J connectivity index is 2.72. The number of nitrogens with zero attached hydrogens (tertiary/aromatic N) is 1. The number of hydrogen-bond acceptors (Lipinski definition) is 1. The third kappa shape index (κ3) is 2.18. The quantitative estimate of drug-likeness (QED) is 0.751. The minimum Gasteiger partial charge on any atom is -0.371 e. The standard InChI is InChI=1S/C10H11BrClN/c11-8-5-9(12)7-10(6-8)13-3-1-2-4-13/h5-7H,1-4H2/i1D2,2D2,3D2,4D2. The lowest BCUT2D eigenvalue weighted by Crippen LogP contribution is -2.17. The van der Waals surface area contributed by atoms with Crippen LogP contribution >= 0.6 is 27.5 Å². The van der Waals surface area contributed by atoms with Crippen LogP contribution in [0.15, 0.2) is 22.7 Å². The van der Waals surface area contributed by atoms with E-state index >= 15 is 0 Å². The zero-order chi connectivity index (χ0) is 16.4. The molecule has 1 fully saturated rings. The SMILES string of the molecule is [2H]C1([2H])N(c2cc(Cl)cc(Br)c2)C([2H])([2H])C([2H])([2H])C1([2H])[2H]. The van der Waals surface area contributed by atoms with Crippen LogP contribution in [0.5, 0.6) is 0 Å². The van der Waals surface area contributed by atoms with Gasteiger partial charge >= 0.3 is 0 Å². The van der Waals surface area contributed by atoms with Crippen LogP contribution in [-0.4, -0.2) is 13.0 Å². The Kier molecular flexibility index (Phi) is 1.12. The third-order valence-corrected chi connectivity index (χ3v) is 2.18. The summed E-state index contributed by atoms with van der Waals surface area (Å²) in [4.78, 5) is 0.469. The second-order valence-electron chi connectivity index (χ2n) is 2.44. The molecular weight excluding hydrogens is 249 g/mol. The first kappa shape index (κ1) is 3.74. The fourth-order valence-electron chi connectivity index (χ4n) is 0.993. The van der Waals surface area contributed by atoms with Crippen molar-refractivity contribution >= 4 is 33.2 Å². The van der Waals surface area contributed by atoms with Gasteiger partial charge in [-0.3, -0.25) is 0 Å². The fraction of sp³-hybridized carbons (Fsp3) is 0.400. The molecule has 0 bridgehead atoms. The molecule has 0 saturated carbocycles. The van der Waals surface area contributed by atoms with Crippen molar-refractivity contribution in [3.05, 3.63) is 27.7 Å². The maximum absolute atomic E-state index is 7.92. The topological polar surface area (TPSA) is 3.24 Å². The monoisotopic (exact) mass is 267 g/mol. The van der Waals surface area contributed by atoms with Gasteiger partial charge < -0.3 is 4.90 Å². The molecule has 2 rings (SSSR count). The molecule has 1 aromatic rings. The van der Waals surface area contributed by atoms with E-state index in [2.05, 4.69) is 15.9 Å². The second-order valence-corrected chi connectivity index (χ2v) is 3.79. The normalized spacial score (nSPS) is 41.2. The highest BCUT2D eigenvalue weighted by molar-refractivity contribution is 9.10. The minimum atomic E-state index is -3.06. The van der Waals surface area contributed by atoms with Gasteiger partial charge in [0, 0.05) is 39.1 Å². The number of hydrogen-bond donors (Lipinski definition) is 0. The van der Waals surface area contributed by atoms with Gasteiger partial charge in [0.2, 0.25) is 0 Å². The first-order chi connectivity index (χ1) is 9.26. The zero-order valence-corrected chi connectivity index (χ0v) is 8.78. The number of benzene rings is 1. The minimum absolute atomic E-state index is 0.0466. The summed E-state index contributed by atoms with van der Waals surface area (Å²) >= 11 is 9.02. The van der Waals surface area contributed by atoms with Crippen molar-refractivity contribution in [2.45, 2.75) is 12.7 Å². The molecule has 1 saturated heterocycles. The van der Waals surface area contributed by atoms with E-state index < -0.39 is 25.7 Å². The molecule has 0 atom stereocenters. The predicted molar refractivity (Wildman–Crippen MR) is 60.6 cm³/mol. The smallest absolute Gasteiger partial charge is 0.0493 e. The van der Waals surface area contributed by atoms with E-state index in [1.54, 1.807) is 0 Å². The molecule has 0 N–H and O–H groups in total. The Labute approximate surface area is 103 Å². The third-order valence-electron chi connectivity index (χ3n) is 1.50. The van der Waals surface area contributed by atoms with E-state index in [9.17, 15) is 0 Å². The molecule has 1 aliphatic heterocycles. The van der Waals surface area contributed by atoms with Crippen molar-refractivity contribution in [1.82, 2.24) is 0 Å². The van der Waals surface area contributed by atoms with Crippen LogP contribution in [0.25, 0.3) is 0 Å². The molecule has 0 radical (unpaired) electrons. The summed E-state index contributed by atoms with van der Waals surface area (Å²) in [5.41, 5.74) is -0.0466. The van der Waals surface area contributed by atoms with Crippen molar-refractivity contribution in [1.29, 1.82) is 0 Å². The molecule has 1 nitrogen and oxygen atoms in total. The summed E-state index contributed by atoms with van der Waals surface area (Å²) in [5, 5.41) is 0.194. The number of halogens is 2. The Hall–Kier alpha value is -0.210. The molecule has 13 heavy (non-hydrogen) atoms. The molecule has 0 amide bonds. The predicted octanol–water partition coefficient (Wildman–Crippen LogP) is 3.70. The van der Waals surface area contributed by atoms with Crippen molar-refractivity contribution in [3.63, 3.8) is 0 Å². The average molecular weight is 269 g/mol. The first-order valence-electron chi connectivity index (χ1n) is 7.53. The van der Waals surface area contributed by atoms with Crippen molar-refractivity contribution < 1.29 is 11.0 Å². The highest BCUT2D eigenvalue weighted by Crippen LogP contribution is 2.27. The number of anilines is 1. The molecule has 0 spiro atoms. The van der Waals surface area contributed by atoms with E-state index in [0.717, 1.165) is 0 Å². The van der Waals surface area contributed by atoms with Gasteiger partial charge in [-0.25, -0.2) is 0 Å². The average Bonchev–Trinajstić information content (AvgIpc) is 2.31. The summed E-state index contributed by atoms with van der Waals surface area (Å²) < 4.78 is 63.0. The zero-order valence-electron chi connectivity index (χ0n) is 14.4. The van der Waals surface area contributed by atoms with Gasteiger partial charge in [0.25, 0.3) is 0 Å². The molecule has 1 aromatic carbocycles. The lowest BCUT2D eigenvalue weighted by molar-refractivity contribution is 0.949. The lowest BCUT2D eigenvalue weighted by Gasteiger charge is -2.17. The maximum Gasteiger partial charge on any atom is 0.0493 e. The van der Waals surface area contributed by atoms with Crippen LogP contribution in [0.3, 0.4) is 0 Å². The molecule has 70 valence electrons. The van der Waals surface area contributed by atoms with Crippen LogP contribution in [0, 0.1) is 0 Å². The Morgan fingerprint density at radius 3 is 2.62 bits per heavy atom. The van der Waals surface area contributed by atoms with E-state index in [1.807, 2.05) is 0 Å². The van der Waals surface area contributed by atoms with Crippen molar-refractivity contribution in [2.75, 3.05) is 17.9 Å². The molecular formula is C10H11BrClN.